The topological polar surface area (TPSA) is 168 Å². The summed E-state index contributed by atoms with van der Waals surface area (Å²) in [6.45, 7) is 5.81. The zero-order valence-electron chi connectivity index (χ0n) is 16.6. The molecule has 0 spiro atoms. The van der Waals surface area contributed by atoms with Crippen LogP contribution in [0, 0.1) is 5.92 Å². The van der Waals surface area contributed by atoms with Crippen LogP contribution in [0.3, 0.4) is 0 Å². The Bertz CT molecular complexity index is 695. The minimum atomic E-state index is -4.01. The maximum absolute atomic E-state index is 12.4. The predicted octanol–water partition coefficient (Wildman–Crippen LogP) is 1.44. The second-order valence-corrected chi connectivity index (χ2v) is 10.8. The molecule has 0 aliphatic heterocycles. The minimum absolute atomic E-state index is 0.297. The summed E-state index contributed by atoms with van der Waals surface area (Å²) in [5, 5.41) is 20.1. The highest BCUT2D eigenvalue weighted by molar-refractivity contribution is 8.09. The van der Waals surface area contributed by atoms with Crippen molar-refractivity contribution in [2.75, 3.05) is 11.5 Å². The van der Waals surface area contributed by atoms with Crippen LogP contribution in [0.1, 0.15) is 53.4 Å². The zero-order valence-corrected chi connectivity index (χ0v) is 18.2. The fraction of sp³-hybridized carbons (Fsp3) is 0.750. The lowest BCUT2D eigenvalue weighted by Crippen LogP contribution is -2.43. The molecule has 0 bridgehead atoms. The number of unbranched alkanes of at least 4 members (excludes halogenated alkanes) is 2. The van der Waals surface area contributed by atoms with E-state index >= 15 is 0 Å². The monoisotopic (exact) mass is 442 g/mol. The molecule has 10 nitrogen and oxygen atoms in total. The van der Waals surface area contributed by atoms with Crippen molar-refractivity contribution in [1.29, 1.82) is 0 Å². The van der Waals surface area contributed by atoms with Crippen molar-refractivity contribution < 1.29 is 36.8 Å². The number of rotatable bonds is 12. The summed E-state index contributed by atoms with van der Waals surface area (Å²) in [6, 6.07) is 0. The Labute approximate surface area is 166 Å². The van der Waals surface area contributed by atoms with Crippen molar-refractivity contribution in [2.24, 2.45) is 16.2 Å². The molecule has 2 N–H and O–H groups in total. The molecule has 0 saturated carbocycles. The van der Waals surface area contributed by atoms with E-state index in [0.29, 0.717) is 25.7 Å². The SMILES string of the molecule is CCCCS(=O)(=O)C(C(C)C(=O)C(C)=O)S(=O)(=O)CCCC.O/N=C\C=N/O. The van der Waals surface area contributed by atoms with Crippen LogP contribution in [0.5, 0.6) is 0 Å². The smallest absolute Gasteiger partial charge is 0.203 e. The summed E-state index contributed by atoms with van der Waals surface area (Å²) >= 11 is 0. The van der Waals surface area contributed by atoms with Gasteiger partial charge in [0.15, 0.2) is 30.0 Å². The van der Waals surface area contributed by atoms with Gasteiger partial charge < -0.3 is 10.4 Å². The van der Waals surface area contributed by atoms with E-state index in [2.05, 4.69) is 10.3 Å². The average molecular weight is 443 g/mol. The average Bonchev–Trinajstić information content (AvgIpc) is 2.62. The Morgan fingerprint density at radius 1 is 0.893 bits per heavy atom. The highest BCUT2D eigenvalue weighted by Crippen LogP contribution is 2.24. The molecule has 0 saturated heterocycles. The summed E-state index contributed by atoms with van der Waals surface area (Å²) in [5.74, 6) is -3.75. The summed E-state index contributed by atoms with van der Waals surface area (Å²) in [4.78, 5) is 23.1. The Morgan fingerprint density at radius 2 is 1.25 bits per heavy atom. The van der Waals surface area contributed by atoms with Crippen LogP contribution in [0.2, 0.25) is 0 Å². The molecular formula is C16H30N2O8S2. The van der Waals surface area contributed by atoms with Crippen molar-refractivity contribution in [3.63, 3.8) is 0 Å². The first-order chi connectivity index (χ1) is 12.9. The van der Waals surface area contributed by atoms with Crippen LogP contribution >= 0.6 is 0 Å². The fourth-order valence-corrected chi connectivity index (χ4v) is 7.97. The quantitative estimate of drug-likeness (QED) is 0.198. The standard InChI is InChI=1S/C14H26O6S2.C2H4N2O2/c1-5-7-9-21(17,18)14(11(3)13(16)12(4)15)22(19,20)10-8-6-2;5-3-1-2-4-6/h11,14H,5-10H2,1-4H3;1-2,5-6H/b;3-1-,4-2-. The van der Waals surface area contributed by atoms with E-state index < -0.39 is 41.7 Å². The molecule has 0 aromatic carbocycles. The first-order valence-corrected chi connectivity index (χ1v) is 12.2. The van der Waals surface area contributed by atoms with E-state index in [1.54, 1.807) is 13.8 Å². The number of hydrogen-bond donors (Lipinski definition) is 2. The van der Waals surface area contributed by atoms with Gasteiger partial charge in [-0.2, -0.15) is 0 Å². The molecule has 164 valence electrons. The normalized spacial score (nSPS) is 13.5. The van der Waals surface area contributed by atoms with Gasteiger partial charge in [0.1, 0.15) is 0 Å². The zero-order chi connectivity index (χ0) is 22.4. The van der Waals surface area contributed by atoms with Gasteiger partial charge in [-0.05, 0) is 12.8 Å². The van der Waals surface area contributed by atoms with Crippen molar-refractivity contribution >= 4 is 43.7 Å². The number of carbonyl (C=O) groups excluding carboxylic acids is 2. The van der Waals surface area contributed by atoms with Crippen LogP contribution < -0.4 is 0 Å². The Morgan fingerprint density at radius 3 is 1.50 bits per heavy atom. The van der Waals surface area contributed by atoms with E-state index in [1.165, 1.54) is 6.92 Å². The van der Waals surface area contributed by atoms with Gasteiger partial charge >= 0.3 is 0 Å². The number of sulfone groups is 2. The third-order valence-electron chi connectivity index (χ3n) is 3.64. The maximum Gasteiger partial charge on any atom is 0.203 e. The molecular weight excluding hydrogens is 412 g/mol. The van der Waals surface area contributed by atoms with E-state index in [1.807, 2.05) is 0 Å². The van der Waals surface area contributed by atoms with Crippen LogP contribution in [0.4, 0.5) is 0 Å². The Hall–Kier alpha value is -1.82. The first kappa shape index (κ1) is 28.4. The third-order valence-corrected chi connectivity index (χ3v) is 9.35. The highest BCUT2D eigenvalue weighted by atomic mass is 32.3. The summed E-state index contributed by atoms with van der Waals surface area (Å²) in [5.41, 5.74) is 0. The molecule has 0 aromatic rings. The molecule has 0 amide bonds. The first-order valence-electron chi connectivity index (χ1n) is 8.74. The minimum Gasteiger partial charge on any atom is -0.411 e. The number of Topliss-reactive ketones (excluding diaryl/α,β-unsaturated/α-hetero) is 2. The molecule has 0 aliphatic carbocycles. The van der Waals surface area contributed by atoms with E-state index in [-0.39, 0.29) is 11.5 Å². The van der Waals surface area contributed by atoms with E-state index in [0.717, 1.165) is 19.4 Å². The summed E-state index contributed by atoms with van der Waals surface area (Å²) < 4.78 is 47.9. The largest absolute Gasteiger partial charge is 0.411 e. The van der Waals surface area contributed by atoms with Crippen LogP contribution in [-0.2, 0) is 29.3 Å². The van der Waals surface area contributed by atoms with Gasteiger partial charge in [0, 0.05) is 6.92 Å². The van der Waals surface area contributed by atoms with Crippen molar-refractivity contribution in [3.8, 4) is 0 Å². The molecule has 0 rings (SSSR count). The van der Waals surface area contributed by atoms with Crippen LogP contribution in [0.25, 0.3) is 0 Å². The van der Waals surface area contributed by atoms with Gasteiger partial charge in [-0.3, -0.25) is 9.59 Å². The number of hydrogen-bond acceptors (Lipinski definition) is 10. The van der Waals surface area contributed by atoms with Crippen LogP contribution in [0.15, 0.2) is 10.3 Å². The second-order valence-electron chi connectivity index (χ2n) is 6.05. The lowest BCUT2D eigenvalue weighted by atomic mass is 10.1. The molecule has 0 fully saturated rings. The molecule has 0 heterocycles. The van der Waals surface area contributed by atoms with Gasteiger partial charge in [0.25, 0.3) is 0 Å². The van der Waals surface area contributed by atoms with E-state index in [4.69, 9.17) is 10.4 Å². The van der Waals surface area contributed by atoms with Gasteiger partial charge in [0.2, 0.25) is 5.78 Å². The lowest BCUT2D eigenvalue weighted by Gasteiger charge is -2.22. The Balaban J connectivity index is 0. The number of nitrogens with zero attached hydrogens (tertiary/aromatic N) is 2. The molecule has 0 radical (unpaired) electrons. The number of carbonyl (C=O) groups is 2. The summed E-state index contributed by atoms with van der Waals surface area (Å²) in [6.07, 6.45) is 3.72. The molecule has 28 heavy (non-hydrogen) atoms. The van der Waals surface area contributed by atoms with Gasteiger partial charge in [0.05, 0.1) is 29.9 Å². The lowest BCUT2D eigenvalue weighted by molar-refractivity contribution is -0.137. The molecule has 1 unspecified atom stereocenters. The number of ketones is 2. The van der Waals surface area contributed by atoms with Crippen molar-refractivity contribution in [3.05, 3.63) is 0 Å². The second kappa shape index (κ2) is 14.2. The van der Waals surface area contributed by atoms with Crippen molar-refractivity contribution in [2.45, 2.75) is 58.0 Å². The number of oxime groups is 2. The maximum atomic E-state index is 12.4. The predicted molar refractivity (Wildman–Crippen MR) is 107 cm³/mol. The van der Waals surface area contributed by atoms with E-state index in [9.17, 15) is 26.4 Å². The molecule has 0 aliphatic rings. The highest BCUT2D eigenvalue weighted by Gasteiger charge is 2.44. The van der Waals surface area contributed by atoms with Gasteiger partial charge in [-0.15, -0.1) is 0 Å². The fourth-order valence-electron chi connectivity index (χ4n) is 2.27. The van der Waals surface area contributed by atoms with Gasteiger partial charge in [-0.1, -0.05) is 43.9 Å². The van der Waals surface area contributed by atoms with Gasteiger partial charge in [-0.25, -0.2) is 16.8 Å². The molecule has 1 atom stereocenters. The third kappa shape index (κ3) is 10.5. The van der Waals surface area contributed by atoms with Crippen molar-refractivity contribution in [1.82, 2.24) is 0 Å². The molecule has 12 heteroatoms. The van der Waals surface area contributed by atoms with Crippen LogP contribution in [-0.4, -0.2) is 67.3 Å². The Kier molecular flexibility index (Phi) is 14.4. The summed E-state index contributed by atoms with van der Waals surface area (Å²) in [7, 11) is -8.02. The molecule has 0 aromatic heterocycles.